The second kappa shape index (κ2) is 10.5. The van der Waals surface area contributed by atoms with Crippen LogP contribution < -0.4 is 15.4 Å². The fourth-order valence-corrected chi connectivity index (χ4v) is 3.29. The zero-order valence-electron chi connectivity index (χ0n) is 18.9. The van der Waals surface area contributed by atoms with Crippen LogP contribution in [0.5, 0.6) is 5.75 Å². The molecule has 0 aliphatic carbocycles. The third kappa shape index (κ3) is 5.52. The van der Waals surface area contributed by atoms with Gasteiger partial charge in [0, 0.05) is 42.4 Å². The predicted octanol–water partition coefficient (Wildman–Crippen LogP) is 3.69. The highest BCUT2D eigenvalue weighted by Crippen LogP contribution is 2.27. The third-order valence-electron chi connectivity index (χ3n) is 4.97. The van der Waals surface area contributed by atoms with Crippen molar-refractivity contribution < 1.29 is 23.6 Å². The van der Waals surface area contributed by atoms with Crippen LogP contribution in [0.2, 0.25) is 0 Å². The fraction of sp³-hybridized carbons (Fsp3) is 0.130. The first-order valence-electron chi connectivity index (χ1n) is 10.7. The number of carbonyl (C=O) groups excluding carboxylic acids is 2. The molecular weight excluding hydrogens is 473 g/mol. The molecular formula is C23H20FN7O5. The molecule has 0 spiro atoms. The van der Waals surface area contributed by atoms with Crippen molar-refractivity contribution in [3.63, 3.8) is 0 Å². The van der Waals surface area contributed by atoms with Crippen molar-refractivity contribution in [1.82, 2.24) is 19.6 Å². The molecule has 0 radical (unpaired) electrons. The summed E-state index contributed by atoms with van der Waals surface area (Å²) in [5, 5.41) is 24.7. The summed E-state index contributed by atoms with van der Waals surface area (Å²) in [6.45, 7) is 2.13. The lowest BCUT2D eigenvalue weighted by molar-refractivity contribution is -0.386. The Morgan fingerprint density at radius 1 is 1.08 bits per heavy atom. The van der Waals surface area contributed by atoms with Gasteiger partial charge in [0.25, 0.3) is 11.8 Å². The van der Waals surface area contributed by atoms with Crippen LogP contribution in [0, 0.1) is 15.9 Å². The number of hydrogen-bond donors (Lipinski definition) is 2. The van der Waals surface area contributed by atoms with Crippen molar-refractivity contribution in [3.8, 4) is 5.75 Å². The molecule has 12 nitrogen and oxygen atoms in total. The Morgan fingerprint density at radius 3 is 2.56 bits per heavy atom. The van der Waals surface area contributed by atoms with Crippen molar-refractivity contribution in [2.45, 2.75) is 20.2 Å². The number of nitro benzene ring substituents is 1. The fourth-order valence-electron chi connectivity index (χ4n) is 3.29. The maximum atomic E-state index is 13.5. The van der Waals surface area contributed by atoms with Gasteiger partial charge in [-0.1, -0.05) is 6.07 Å². The maximum absolute atomic E-state index is 13.5. The van der Waals surface area contributed by atoms with Gasteiger partial charge in [-0.15, -0.1) is 0 Å². The highest BCUT2D eigenvalue weighted by Gasteiger charge is 2.17. The predicted molar refractivity (Wildman–Crippen MR) is 126 cm³/mol. The summed E-state index contributed by atoms with van der Waals surface area (Å²) < 4.78 is 21.6. The monoisotopic (exact) mass is 493 g/mol. The van der Waals surface area contributed by atoms with Crippen LogP contribution >= 0.6 is 0 Å². The number of carbonyl (C=O) groups is 2. The van der Waals surface area contributed by atoms with Gasteiger partial charge < -0.3 is 15.4 Å². The third-order valence-corrected chi connectivity index (χ3v) is 4.97. The Bertz CT molecular complexity index is 1430. The van der Waals surface area contributed by atoms with Crippen molar-refractivity contribution in [2.75, 3.05) is 10.6 Å². The summed E-state index contributed by atoms with van der Waals surface area (Å²) in [4.78, 5) is 35.5. The van der Waals surface area contributed by atoms with Crippen LogP contribution in [0.1, 0.15) is 27.9 Å². The van der Waals surface area contributed by atoms with E-state index in [1.165, 1.54) is 16.9 Å². The number of nitro groups is 1. The summed E-state index contributed by atoms with van der Waals surface area (Å²) in [5.41, 5.74) is 0.949. The number of aryl methyl sites for hydroxylation is 1. The van der Waals surface area contributed by atoms with E-state index in [1.54, 1.807) is 41.2 Å². The second-order valence-corrected chi connectivity index (χ2v) is 7.40. The van der Waals surface area contributed by atoms with Gasteiger partial charge in [-0.05, 0) is 43.3 Å². The molecule has 0 unspecified atom stereocenters. The molecule has 36 heavy (non-hydrogen) atoms. The Kier molecular flexibility index (Phi) is 6.99. The topological polar surface area (TPSA) is 146 Å². The zero-order valence-corrected chi connectivity index (χ0v) is 18.9. The van der Waals surface area contributed by atoms with Gasteiger partial charge in [0.15, 0.2) is 12.4 Å². The van der Waals surface area contributed by atoms with E-state index in [9.17, 15) is 24.1 Å². The molecule has 4 rings (SSSR count). The lowest BCUT2D eigenvalue weighted by Gasteiger charge is -2.09. The molecule has 0 aliphatic heterocycles. The van der Waals surface area contributed by atoms with Crippen molar-refractivity contribution in [1.29, 1.82) is 0 Å². The van der Waals surface area contributed by atoms with E-state index < -0.39 is 22.3 Å². The van der Waals surface area contributed by atoms with Crippen molar-refractivity contribution >= 4 is 28.9 Å². The number of anilines is 2. The van der Waals surface area contributed by atoms with Gasteiger partial charge in [0.1, 0.15) is 11.5 Å². The molecule has 0 saturated carbocycles. The molecule has 0 aliphatic rings. The Morgan fingerprint density at radius 2 is 1.83 bits per heavy atom. The largest absolute Gasteiger partial charge is 0.464 e. The number of nitrogens with zero attached hydrogens (tertiary/aromatic N) is 5. The van der Waals surface area contributed by atoms with Gasteiger partial charge in [0.05, 0.1) is 4.92 Å². The smallest absolute Gasteiger partial charge is 0.311 e. The van der Waals surface area contributed by atoms with E-state index in [1.807, 2.05) is 6.92 Å². The molecule has 0 bridgehead atoms. The maximum Gasteiger partial charge on any atom is 0.311 e. The molecule has 2 aromatic heterocycles. The normalized spacial score (nSPS) is 10.6. The zero-order chi connectivity index (χ0) is 25.7. The first-order valence-corrected chi connectivity index (χ1v) is 10.7. The SMILES string of the molecule is CCn1nccc1C(=O)Nc1cccc(NC(=O)c2ccn(COc3cc(F)ccc3[N+](=O)[O-])n2)c1. The minimum absolute atomic E-state index is 0.0497. The van der Waals surface area contributed by atoms with E-state index in [0.717, 1.165) is 18.2 Å². The van der Waals surface area contributed by atoms with Crippen LogP contribution in [0.4, 0.5) is 21.5 Å². The molecule has 184 valence electrons. The standard InChI is InChI=1S/C23H20FN7O5/c1-2-30-20(8-10-25-30)23(33)27-17-5-3-4-16(13-17)26-22(32)18-9-11-29(28-18)14-36-21-12-15(24)6-7-19(21)31(34)35/h3-13H,2,14H2,1H3,(H,26,32)(H,27,33). The first kappa shape index (κ1) is 24.1. The van der Waals surface area contributed by atoms with E-state index in [-0.39, 0.29) is 24.1 Å². The first-order chi connectivity index (χ1) is 17.3. The van der Waals surface area contributed by atoms with Crippen LogP contribution in [0.25, 0.3) is 0 Å². The molecule has 0 fully saturated rings. The summed E-state index contributed by atoms with van der Waals surface area (Å²) in [6.07, 6.45) is 2.98. The van der Waals surface area contributed by atoms with Gasteiger partial charge in [-0.25, -0.2) is 9.07 Å². The molecule has 2 N–H and O–H groups in total. The van der Waals surface area contributed by atoms with Crippen molar-refractivity contribution in [3.05, 3.63) is 94.3 Å². The number of hydrogen-bond acceptors (Lipinski definition) is 7. The Balaban J connectivity index is 1.38. The van der Waals surface area contributed by atoms with E-state index in [4.69, 9.17) is 4.74 Å². The average Bonchev–Trinajstić information content (AvgIpc) is 3.52. The van der Waals surface area contributed by atoms with Gasteiger partial charge in [-0.2, -0.15) is 10.2 Å². The molecule has 4 aromatic rings. The van der Waals surface area contributed by atoms with Gasteiger partial charge in [0.2, 0.25) is 5.75 Å². The summed E-state index contributed by atoms with van der Waals surface area (Å²) in [5.74, 6) is -1.82. The number of halogens is 1. The quantitative estimate of drug-likeness (QED) is 0.267. The number of aromatic nitrogens is 4. The number of ether oxygens (including phenoxy) is 1. The number of rotatable bonds is 9. The molecule has 13 heteroatoms. The Labute approximate surface area is 203 Å². The molecule has 0 atom stereocenters. The minimum atomic E-state index is -0.689. The van der Waals surface area contributed by atoms with Crippen LogP contribution in [-0.4, -0.2) is 36.3 Å². The Hall–Kier alpha value is -5.07. The molecule has 2 amide bonds. The van der Waals surface area contributed by atoms with Crippen LogP contribution in [0.3, 0.4) is 0 Å². The molecule has 0 saturated heterocycles. The summed E-state index contributed by atoms with van der Waals surface area (Å²) in [6, 6.07) is 12.5. The van der Waals surface area contributed by atoms with Crippen LogP contribution in [0.15, 0.2) is 67.0 Å². The number of amides is 2. The minimum Gasteiger partial charge on any atom is -0.464 e. The van der Waals surface area contributed by atoms with E-state index >= 15 is 0 Å². The average molecular weight is 493 g/mol. The molecule has 2 aromatic carbocycles. The lowest BCUT2D eigenvalue weighted by atomic mass is 10.2. The molecule has 2 heterocycles. The van der Waals surface area contributed by atoms with E-state index in [2.05, 4.69) is 20.8 Å². The number of nitrogens with one attached hydrogen (secondary N) is 2. The lowest BCUT2D eigenvalue weighted by Crippen LogP contribution is -2.18. The van der Waals surface area contributed by atoms with Crippen LogP contribution in [-0.2, 0) is 13.3 Å². The highest BCUT2D eigenvalue weighted by molar-refractivity contribution is 6.05. The van der Waals surface area contributed by atoms with Crippen molar-refractivity contribution in [2.24, 2.45) is 0 Å². The summed E-state index contributed by atoms with van der Waals surface area (Å²) >= 11 is 0. The summed E-state index contributed by atoms with van der Waals surface area (Å²) in [7, 11) is 0. The van der Waals surface area contributed by atoms with E-state index in [0.29, 0.717) is 23.6 Å². The van der Waals surface area contributed by atoms with Gasteiger partial charge >= 0.3 is 5.69 Å². The number of benzene rings is 2. The highest BCUT2D eigenvalue weighted by atomic mass is 19.1. The van der Waals surface area contributed by atoms with Gasteiger partial charge in [-0.3, -0.25) is 24.4 Å². The second-order valence-electron chi connectivity index (χ2n) is 7.40.